The van der Waals surface area contributed by atoms with Crippen molar-refractivity contribution in [1.29, 1.82) is 0 Å². The predicted molar refractivity (Wildman–Crippen MR) is 70.2 cm³/mol. The lowest BCUT2D eigenvalue weighted by Gasteiger charge is -2.21. The molecule has 4 heteroatoms. The largest absolute Gasteiger partial charge is 0.383 e. The molecule has 0 aliphatic heterocycles. The van der Waals surface area contributed by atoms with Crippen LogP contribution in [0.25, 0.3) is 0 Å². The van der Waals surface area contributed by atoms with Gasteiger partial charge in [0.05, 0.1) is 6.61 Å². The minimum absolute atomic E-state index is 0.792. The summed E-state index contributed by atoms with van der Waals surface area (Å²) in [4.78, 5) is 6.45. The second kappa shape index (κ2) is 9.10. The fourth-order valence-corrected chi connectivity index (χ4v) is 1.66. The molecule has 96 valence electrons. The lowest BCUT2D eigenvalue weighted by atomic mass is 10.2. The number of pyridine rings is 1. The Labute approximate surface area is 104 Å². The number of hydrogen-bond acceptors (Lipinski definition) is 4. The number of aromatic nitrogens is 1. The van der Waals surface area contributed by atoms with Crippen molar-refractivity contribution in [2.45, 2.75) is 6.42 Å². The molecular weight excluding hydrogens is 214 g/mol. The Balaban J connectivity index is 2.31. The van der Waals surface area contributed by atoms with Crippen LogP contribution in [0.2, 0.25) is 0 Å². The van der Waals surface area contributed by atoms with E-state index < -0.39 is 0 Å². The van der Waals surface area contributed by atoms with Crippen LogP contribution in [0.4, 0.5) is 0 Å². The highest BCUT2D eigenvalue weighted by molar-refractivity contribution is 5.09. The molecule has 0 aliphatic carbocycles. The monoisotopic (exact) mass is 237 g/mol. The van der Waals surface area contributed by atoms with Crippen LogP contribution in [0.3, 0.4) is 0 Å². The number of methoxy groups -OCH3 is 1. The summed E-state index contributed by atoms with van der Waals surface area (Å²) in [5.41, 5.74) is 1.34. The third kappa shape index (κ3) is 6.36. The molecule has 1 N–H and O–H groups in total. The first-order valence-corrected chi connectivity index (χ1v) is 6.11. The van der Waals surface area contributed by atoms with E-state index in [1.54, 1.807) is 7.11 Å². The Kier molecular flexibility index (Phi) is 7.54. The zero-order chi connectivity index (χ0) is 12.3. The van der Waals surface area contributed by atoms with Crippen LogP contribution in [-0.4, -0.2) is 56.8 Å². The first-order valence-electron chi connectivity index (χ1n) is 6.11. The van der Waals surface area contributed by atoms with Crippen molar-refractivity contribution < 1.29 is 4.74 Å². The zero-order valence-electron chi connectivity index (χ0n) is 10.9. The van der Waals surface area contributed by atoms with Gasteiger partial charge in [-0.25, -0.2) is 0 Å². The third-order valence-electron chi connectivity index (χ3n) is 2.76. The van der Waals surface area contributed by atoms with Gasteiger partial charge < -0.3 is 10.1 Å². The molecule has 0 atom stereocenters. The summed E-state index contributed by atoms with van der Waals surface area (Å²) in [6.45, 7) is 4.92. The minimum atomic E-state index is 0.792. The molecule has 1 aromatic heterocycles. The Morgan fingerprint density at radius 1 is 1.24 bits per heavy atom. The van der Waals surface area contributed by atoms with Crippen LogP contribution in [0.1, 0.15) is 5.56 Å². The smallest absolute Gasteiger partial charge is 0.0589 e. The Bertz CT molecular complexity index is 271. The molecule has 0 saturated carbocycles. The van der Waals surface area contributed by atoms with Gasteiger partial charge in [-0.05, 0) is 31.2 Å². The van der Waals surface area contributed by atoms with E-state index in [1.165, 1.54) is 5.56 Å². The quantitative estimate of drug-likeness (QED) is 0.689. The highest BCUT2D eigenvalue weighted by Gasteiger charge is 2.04. The van der Waals surface area contributed by atoms with Gasteiger partial charge in [0.1, 0.15) is 0 Å². The van der Waals surface area contributed by atoms with Gasteiger partial charge in [0, 0.05) is 45.7 Å². The van der Waals surface area contributed by atoms with Gasteiger partial charge in [0.25, 0.3) is 0 Å². The minimum Gasteiger partial charge on any atom is -0.383 e. The topological polar surface area (TPSA) is 37.4 Å². The van der Waals surface area contributed by atoms with E-state index in [0.29, 0.717) is 0 Å². The van der Waals surface area contributed by atoms with E-state index >= 15 is 0 Å². The molecule has 0 spiro atoms. The van der Waals surface area contributed by atoms with Crippen molar-refractivity contribution in [2.24, 2.45) is 0 Å². The number of rotatable bonds is 9. The second-order valence-corrected chi connectivity index (χ2v) is 4.04. The summed E-state index contributed by atoms with van der Waals surface area (Å²) >= 11 is 0. The summed E-state index contributed by atoms with van der Waals surface area (Å²) in [5, 5.41) is 3.18. The van der Waals surface area contributed by atoms with E-state index in [9.17, 15) is 0 Å². The van der Waals surface area contributed by atoms with Crippen molar-refractivity contribution in [2.75, 3.05) is 46.9 Å². The van der Waals surface area contributed by atoms with E-state index in [-0.39, 0.29) is 0 Å². The van der Waals surface area contributed by atoms with Gasteiger partial charge in [-0.3, -0.25) is 9.88 Å². The summed E-state index contributed by atoms with van der Waals surface area (Å²) in [5.74, 6) is 0. The highest BCUT2D eigenvalue weighted by Crippen LogP contribution is 1.99. The highest BCUT2D eigenvalue weighted by atomic mass is 16.5. The molecule has 0 amide bonds. The molecule has 17 heavy (non-hydrogen) atoms. The van der Waals surface area contributed by atoms with E-state index in [2.05, 4.69) is 27.3 Å². The molecule has 4 nitrogen and oxygen atoms in total. The zero-order valence-corrected chi connectivity index (χ0v) is 10.9. The first-order chi connectivity index (χ1) is 8.36. The van der Waals surface area contributed by atoms with Gasteiger partial charge in [-0.2, -0.15) is 0 Å². The van der Waals surface area contributed by atoms with Crippen LogP contribution in [-0.2, 0) is 11.2 Å². The average molecular weight is 237 g/mol. The van der Waals surface area contributed by atoms with Crippen LogP contribution in [0.5, 0.6) is 0 Å². The number of nitrogens with zero attached hydrogens (tertiary/aromatic N) is 2. The fourth-order valence-electron chi connectivity index (χ4n) is 1.66. The molecule has 0 fully saturated rings. The van der Waals surface area contributed by atoms with Gasteiger partial charge in [0.2, 0.25) is 0 Å². The molecule has 0 aliphatic rings. The summed E-state index contributed by atoms with van der Waals surface area (Å²) in [6, 6.07) is 4.15. The van der Waals surface area contributed by atoms with Crippen molar-refractivity contribution in [3.63, 3.8) is 0 Å². The molecule has 0 unspecified atom stereocenters. The summed E-state index contributed by atoms with van der Waals surface area (Å²) in [7, 11) is 3.73. The maximum atomic E-state index is 5.13. The Hall–Kier alpha value is -0.970. The van der Waals surface area contributed by atoms with E-state index in [4.69, 9.17) is 4.74 Å². The van der Waals surface area contributed by atoms with Gasteiger partial charge in [-0.15, -0.1) is 0 Å². The van der Waals surface area contributed by atoms with E-state index in [0.717, 1.165) is 39.2 Å². The number of nitrogens with one attached hydrogen (secondary N) is 1. The van der Waals surface area contributed by atoms with Gasteiger partial charge in [-0.1, -0.05) is 0 Å². The van der Waals surface area contributed by atoms with Crippen LogP contribution in [0, 0.1) is 0 Å². The average Bonchev–Trinajstić information content (AvgIpc) is 2.39. The molecule has 0 bridgehead atoms. The fraction of sp³-hybridized carbons (Fsp3) is 0.615. The Morgan fingerprint density at radius 2 is 2.00 bits per heavy atom. The lowest BCUT2D eigenvalue weighted by molar-refractivity contribution is 0.149. The lowest BCUT2D eigenvalue weighted by Crippen LogP contribution is -2.35. The van der Waals surface area contributed by atoms with Crippen LogP contribution < -0.4 is 5.32 Å². The summed E-state index contributed by atoms with van der Waals surface area (Å²) in [6.07, 6.45) is 4.76. The molecule has 1 aromatic rings. The standard InChI is InChI=1S/C13H23N3O/c1-14-8-10-16(11-12-17-2)9-5-13-3-6-15-7-4-13/h3-4,6-7,14H,5,8-12H2,1-2H3. The first kappa shape index (κ1) is 14.1. The SMILES string of the molecule is CNCCN(CCOC)CCc1ccncc1. The molecule has 0 saturated heterocycles. The maximum Gasteiger partial charge on any atom is 0.0589 e. The predicted octanol–water partition coefficient (Wildman–Crippen LogP) is 0.792. The van der Waals surface area contributed by atoms with Gasteiger partial charge >= 0.3 is 0 Å². The summed E-state index contributed by atoms with van der Waals surface area (Å²) < 4.78 is 5.13. The van der Waals surface area contributed by atoms with Crippen molar-refractivity contribution >= 4 is 0 Å². The molecule has 0 radical (unpaired) electrons. The van der Waals surface area contributed by atoms with Crippen molar-refractivity contribution in [1.82, 2.24) is 15.2 Å². The van der Waals surface area contributed by atoms with Crippen molar-refractivity contribution in [3.8, 4) is 0 Å². The van der Waals surface area contributed by atoms with E-state index in [1.807, 2.05) is 19.4 Å². The third-order valence-corrected chi connectivity index (χ3v) is 2.76. The number of likely N-dealkylation sites (N-methyl/N-ethyl adjacent to an activating group) is 1. The number of hydrogen-bond donors (Lipinski definition) is 1. The van der Waals surface area contributed by atoms with Crippen molar-refractivity contribution in [3.05, 3.63) is 30.1 Å². The number of ether oxygens (including phenoxy) is 1. The molecule has 1 heterocycles. The maximum absolute atomic E-state index is 5.13. The molecule has 1 rings (SSSR count). The Morgan fingerprint density at radius 3 is 2.65 bits per heavy atom. The van der Waals surface area contributed by atoms with Crippen LogP contribution >= 0.6 is 0 Å². The molecular formula is C13H23N3O. The molecule has 0 aromatic carbocycles. The van der Waals surface area contributed by atoms with Gasteiger partial charge in [0.15, 0.2) is 0 Å². The van der Waals surface area contributed by atoms with Crippen LogP contribution in [0.15, 0.2) is 24.5 Å². The normalized spacial score (nSPS) is 11.0. The second-order valence-electron chi connectivity index (χ2n) is 4.04.